The first-order valence-corrected chi connectivity index (χ1v) is 12.4. The van der Waals surface area contributed by atoms with Crippen LogP contribution in [-0.2, 0) is 25.8 Å². The van der Waals surface area contributed by atoms with Crippen LogP contribution >= 0.6 is 11.6 Å². The quantitative estimate of drug-likeness (QED) is 0.327. The smallest absolute Gasteiger partial charge is 0.417 e. The number of ether oxygens (including phenoxy) is 2. The monoisotopic (exact) mass is 554 g/mol. The first-order valence-electron chi connectivity index (χ1n) is 10.6. The number of alkyl halides is 3. The van der Waals surface area contributed by atoms with Gasteiger partial charge in [-0.15, -0.1) is 0 Å². The van der Waals surface area contributed by atoms with Gasteiger partial charge in [-0.2, -0.15) is 13.2 Å². The SMILES string of the molecule is CN(c1ccc(OC(=O)CN2CC(=O)Oc3ccccc32)cc1)S(=O)(=O)c1ccc(Cl)c(C(F)(F)F)c1. The lowest BCUT2D eigenvalue weighted by molar-refractivity contribution is -0.138. The van der Waals surface area contributed by atoms with E-state index in [-0.39, 0.29) is 24.5 Å². The van der Waals surface area contributed by atoms with E-state index in [1.165, 1.54) is 36.2 Å². The van der Waals surface area contributed by atoms with Crippen LogP contribution in [0.4, 0.5) is 24.5 Å². The predicted octanol–water partition coefficient (Wildman–Crippen LogP) is 4.51. The number of carbonyl (C=O) groups excluding carboxylic acids is 2. The van der Waals surface area contributed by atoms with Crippen molar-refractivity contribution in [2.75, 3.05) is 29.3 Å². The molecule has 0 amide bonds. The maximum absolute atomic E-state index is 13.2. The molecule has 0 aliphatic carbocycles. The molecule has 37 heavy (non-hydrogen) atoms. The summed E-state index contributed by atoms with van der Waals surface area (Å²) in [5.41, 5.74) is -0.608. The summed E-state index contributed by atoms with van der Waals surface area (Å²) < 4.78 is 76.6. The topological polar surface area (TPSA) is 93.2 Å². The van der Waals surface area contributed by atoms with E-state index in [9.17, 15) is 31.2 Å². The van der Waals surface area contributed by atoms with Crippen LogP contribution in [0.3, 0.4) is 0 Å². The first kappa shape index (κ1) is 26.3. The lowest BCUT2D eigenvalue weighted by atomic mass is 10.2. The van der Waals surface area contributed by atoms with Crippen LogP contribution in [0.5, 0.6) is 11.5 Å². The fourth-order valence-corrected chi connectivity index (χ4v) is 5.01. The van der Waals surface area contributed by atoms with Crippen molar-refractivity contribution < 1.29 is 40.7 Å². The van der Waals surface area contributed by atoms with Crippen molar-refractivity contribution in [1.82, 2.24) is 0 Å². The molecule has 0 radical (unpaired) electrons. The highest BCUT2D eigenvalue weighted by atomic mass is 35.5. The van der Waals surface area contributed by atoms with Crippen molar-refractivity contribution in [3.8, 4) is 11.5 Å². The van der Waals surface area contributed by atoms with E-state index in [2.05, 4.69) is 0 Å². The second-order valence-electron chi connectivity index (χ2n) is 7.88. The van der Waals surface area contributed by atoms with Gasteiger partial charge < -0.3 is 14.4 Å². The first-order chi connectivity index (χ1) is 17.4. The number of benzene rings is 3. The number of hydrogen-bond acceptors (Lipinski definition) is 7. The summed E-state index contributed by atoms with van der Waals surface area (Å²) in [7, 11) is -3.19. The van der Waals surface area contributed by atoms with E-state index < -0.39 is 43.6 Å². The molecule has 0 spiro atoms. The van der Waals surface area contributed by atoms with Crippen molar-refractivity contribution in [3.05, 3.63) is 77.3 Å². The van der Waals surface area contributed by atoms with E-state index in [0.29, 0.717) is 17.5 Å². The van der Waals surface area contributed by atoms with Crippen molar-refractivity contribution in [1.29, 1.82) is 0 Å². The predicted molar refractivity (Wildman–Crippen MR) is 128 cm³/mol. The Bertz CT molecular complexity index is 1460. The minimum Gasteiger partial charge on any atom is -0.425 e. The van der Waals surface area contributed by atoms with Crippen LogP contribution in [0.2, 0.25) is 5.02 Å². The summed E-state index contributed by atoms with van der Waals surface area (Å²) >= 11 is 5.58. The van der Waals surface area contributed by atoms with E-state index in [1.54, 1.807) is 24.3 Å². The summed E-state index contributed by atoms with van der Waals surface area (Å²) in [4.78, 5) is 25.2. The molecule has 0 aromatic heterocycles. The molecule has 13 heteroatoms. The molecule has 3 aromatic carbocycles. The maximum atomic E-state index is 13.2. The van der Waals surface area contributed by atoms with Gasteiger partial charge in [-0.25, -0.2) is 18.0 Å². The van der Waals surface area contributed by atoms with Gasteiger partial charge in [-0.05, 0) is 54.6 Å². The van der Waals surface area contributed by atoms with Gasteiger partial charge in [0, 0.05) is 7.05 Å². The highest BCUT2D eigenvalue weighted by molar-refractivity contribution is 7.92. The second-order valence-corrected chi connectivity index (χ2v) is 10.3. The van der Waals surface area contributed by atoms with E-state index in [0.717, 1.165) is 16.4 Å². The molecule has 3 aromatic rings. The van der Waals surface area contributed by atoms with Gasteiger partial charge in [0.05, 0.1) is 26.9 Å². The normalized spacial score (nSPS) is 13.5. The van der Waals surface area contributed by atoms with Gasteiger partial charge in [-0.3, -0.25) is 4.31 Å². The number of sulfonamides is 1. The Labute approximate surface area is 214 Å². The average Bonchev–Trinajstić information content (AvgIpc) is 2.83. The number of nitrogens with zero attached hydrogens (tertiary/aromatic N) is 2. The molecule has 194 valence electrons. The van der Waals surface area contributed by atoms with E-state index >= 15 is 0 Å². The van der Waals surface area contributed by atoms with Crippen molar-refractivity contribution in [2.24, 2.45) is 0 Å². The third-order valence-electron chi connectivity index (χ3n) is 5.40. The largest absolute Gasteiger partial charge is 0.425 e. The summed E-state index contributed by atoms with van der Waals surface area (Å²) in [6.45, 7) is -0.394. The summed E-state index contributed by atoms with van der Waals surface area (Å²) in [5, 5.41) is -0.620. The molecule has 0 saturated carbocycles. The van der Waals surface area contributed by atoms with Gasteiger partial charge in [0.25, 0.3) is 10.0 Å². The van der Waals surface area contributed by atoms with Crippen molar-refractivity contribution >= 4 is 44.9 Å². The zero-order chi connectivity index (χ0) is 27.0. The summed E-state index contributed by atoms with van der Waals surface area (Å²) in [6, 6.07) is 14.4. The Balaban J connectivity index is 1.46. The highest BCUT2D eigenvalue weighted by Crippen LogP contribution is 2.37. The van der Waals surface area contributed by atoms with Gasteiger partial charge in [-0.1, -0.05) is 23.7 Å². The molecule has 0 N–H and O–H groups in total. The number of halogens is 4. The number of para-hydroxylation sites is 2. The average molecular weight is 555 g/mol. The number of anilines is 2. The highest BCUT2D eigenvalue weighted by Gasteiger charge is 2.35. The molecule has 0 fully saturated rings. The molecule has 1 aliphatic rings. The zero-order valence-corrected chi connectivity index (χ0v) is 20.6. The van der Waals surface area contributed by atoms with Crippen LogP contribution < -0.4 is 18.7 Å². The second kappa shape index (κ2) is 9.94. The molecule has 1 aliphatic heterocycles. The molecule has 4 rings (SSSR count). The number of esters is 2. The maximum Gasteiger partial charge on any atom is 0.417 e. The molecule has 0 unspecified atom stereocenters. The van der Waals surface area contributed by atoms with Crippen LogP contribution in [0.25, 0.3) is 0 Å². The van der Waals surface area contributed by atoms with Crippen LogP contribution in [0.1, 0.15) is 5.56 Å². The van der Waals surface area contributed by atoms with Crippen LogP contribution in [0.15, 0.2) is 71.6 Å². The van der Waals surface area contributed by atoms with Gasteiger partial charge in [0.15, 0.2) is 5.75 Å². The van der Waals surface area contributed by atoms with Gasteiger partial charge in [0.1, 0.15) is 18.8 Å². The summed E-state index contributed by atoms with van der Waals surface area (Å²) in [5.74, 6) is -0.788. The number of fused-ring (bicyclic) bond motifs is 1. The number of carbonyl (C=O) groups is 2. The lowest BCUT2D eigenvalue weighted by Crippen LogP contribution is -2.41. The van der Waals surface area contributed by atoms with Gasteiger partial charge >= 0.3 is 18.1 Å². The third kappa shape index (κ3) is 5.65. The minimum atomic E-state index is -4.83. The van der Waals surface area contributed by atoms with Crippen LogP contribution in [0, 0.1) is 0 Å². The van der Waals surface area contributed by atoms with Gasteiger partial charge in [0.2, 0.25) is 0 Å². The molecule has 0 bridgehead atoms. The third-order valence-corrected chi connectivity index (χ3v) is 7.51. The minimum absolute atomic E-state index is 0.0956. The Kier molecular flexibility index (Phi) is 7.07. The number of hydrogen-bond donors (Lipinski definition) is 0. The lowest BCUT2D eigenvalue weighted by Gasteiger charge is -2.28. The fraction of sp³-hybridized carbons (Fsp3) is 0.167. The molecule has 0 saturated heterocycles. The Morgan fingerprint density at radius 3 is 2.46 bits per heavy atom. The molecule has 8 nitrogen and oxygen atoms in total. The Hall–Kier alpha value is -3.77. The molecule has 0 atom stereocenters. The Morgan fingerprint density at radius 1 is 1.11 bits per heavy atom. The number of rotatable bonds is 6. The Morgan fingerprint density at radius 2 is 1.78 bits per heavy atom. The fourth-order valence-electron chi connectivity index (χ4n) is 3.56. The summed E-state index contributed by atoms with van der Waals surface area (Å²) in [6.07, 6.45) is -4.83. The standard InChI is InChI=1S/C24H18ClF3N2O6S/c1-29(37(33,34)17-10-11-19(25)18(12-17)24(26,27)28)15-6-8-16(9-7-15)35-22(31)13-30-14-23(32)36-21-5-3-2-4-20(21)30/h2-12H,13-14H2,1H3. The van der Waals surface area contributed by atoms with Crippen molar-refractivity contribution in [3.63, 3.8) is 0 Å². The van der Waals surface area contributed by atoms with E-state index in [4.69, 9.17) is 21.1 Å². The molecular formula is C24H18ClF3N2O6S. The molecule has 1 heterocycles. The zero-order valence-electron chi connectivity index (χ0n) is 19.0. The van der Waals surface area contributed by atoms with E-state index in [1.807, 2.05) is 0 Å². The van der Waals surface area contributed by atoms with Crippen LogP contribution in [-0.4, -0.2) is 40.5 Å². The van der Waals surface area contributed by atoms with Crippen molar-refractivity contribution in [2.45, 2.75) is 11.1 Å². The molecular weight excluding hydrogens is 537 g/mol.